The van der Waals surface area contributed by atoms with Crippen molar-refractivity contribution in [1.29, 1.82) is 0 Å². The van der Waals surface area contributed by atoms with Gasteiger partial charge >= 0.3 is 0 Å². The van der Waals surface area contributed by atoms with Crippen LogP contribution in [0.2, 0.25) is 0 Å². The van der Waals surface area contributed by atoms with Crippen LogP contribution >= 0.6 is 0 Å². The van der Waals surface area contributed by atoms with Gasteiger partial charge in [0.1, 0.15) is 5.82 Å². The lowest BCUT2D eigenvalue weighted by atomic mass is 9.88. The number of fused-ring (bicyclic) bond motifs is 3. The van der Waals surface area contributed by atoms with E-state index in [1.54, 1.807) is 0 Å². The zero-order valence-electron chi connectivity index (χ0n) is 14.5. The Morgan fingerprint density at radius 2 is 1.96 bits per heavy atom. The van der Waals surface area contributed by atoms with Gasteiger partial charge in [-0.1, -0.05) is 6.42 Å². The second-order valence-corrected chi connectivity index (χ2v) is 7.60. The monoisotopic (exact) mass is 314 g/mol. The number of nitrogens with zero attached hydrogens (tertiary/aromatic N) is 5. The summed E-state index contributed by atoms with van der Waals surface area (Å²) in [6, 6.07) is 0.365. The van der Waals surface area contributed by atoms with E-state index in [4.69, 9.17) is 10.7 Å². The fraction of sp³-hybridized carbons (Fsp3) is 0.706. The van der Waals surface area contributed by atoms with Gasteiger partial charge in [0.15, 0.2) is 17.0 Å². The summed E-state index contributed by atoms with van der Waals surface area (Å²) in [5, 5.41) is 0. The highest BCUT2D eigenvalue weighted by Crippen LogP contribution is 2.52. The molecule has 0 radical (unpaired) electrons. The number of nitrogens with two attached hydrogens (primary N) is 1. The molecule has 2 aromatic heterocycles. The maximum atomic E-state index is 6.24. The Labute approximate surface area is 137 Å². The lowest BCUT2D eigenvalue weighted by Gasteiger charge is -2.22. The van der Waals surface area contributed by atoms with E-state index in [2.05, 4.69) is 28.7 Å². The van der Waals surface area contributed by atoms with E-state index in [9.17, 15) is 0 Å². The van der Waals surface area contributed by atoms with Gasteiger partial charge in [-0.25, -0.2) is 15.0 Å². The first-order valence-corrected chi connectivity index (χ1v) is 8.68. The lowest BCUT2D eigenvalue weighted by Crippen LogP contribution is -2.28. The van der Waals surface area contributed by atoms with Crippen molar-refractivity contribution in [1.82, 2.24) is 19.5 Å². The van der Waals surface area contributed by atoms with Crippen molar-refractivity contribution in [3.63, 3.8) is 0 Å². The van der Waals surface area contributed by atoms with Crippen molar-refractivity contribution in [2.75, 3.05) is 17.7 Å². The van der Waals surface area contributed by atoms with E-state index in [0.717, 1.165) is 34.8 Å². The third kappa shape index (κ3) is 2.18. The Balaban J connectivity index is 1.79. The minimum atomic E-state index is 0.365. The van der Waals surface area contributed by atoms with Crippen LogP contribution in [0.25, 0.3) is 11.2 Å². The molecule has 2 aromatic rings. The van der Waals surface area contributed by atoms with Crippen LogP contribution in [0.5, 0.6) is 0 Å². The molecule has 0 spiro atoms. The largest absolute Gasteiger partial charge is 0.382 e. The molecule has 6 heteroatoms. The van der Waals surface area contributed by atoms with E-state index in [1.165, 1.54) is 25.7 Å². The van der Waals surface area contributed by atoms with Gasteiger partial charge < -0.3 is 10.6 Å². The van der Waals surface area contributed by atoms with Crippen molar-refractivity contribution in [2.24, 2.45) is 18.9 Å². The maximum Gasteiger partial charge on any atom is 0.207 e. The molecular formula is C17H26N6. The Morgan fingerprint density at radius 3 is 2.57 bits per heavy atom. The summed E-state index contributed by atoms with van der Waals surface area (Å²) in [7, 11) is 4.06. The molecule has 3 atom stereocenters. The van der Waals surface area contributed by atoms with Crippen LogP contribution in [-0.2, 0) is 7.05 Å². The maximum absolute atomic E-state index is 6.24. The molecule has 2 aliphatic carbocycles. The predicted molar refractivity (Wildman–Crippen MR) is 92.4 cm³/mol. The minimum Gasteiger partial charge on any atom is -0.382 e. The predicted octanol–water partition coefficient (Wildman–Crippen LogP) is 2.69. The van der Waals surface area contributed by atoms with Crippen LogP contribution in [-0.4, -0.2) is 32.6 Å². The zero-order valence-corrected chi connectivity index (χ0v) is 14.5. The fourth-order valence-corrected chi connectivity index (χ4v) is 4.36. The van der Waals surface area contributed by atoms with E-state index in [0.29, 0.717) is 17.8 Å². The first kappa shape index (κ1) is 14.7. The normalized spacial score (nSPS) is 26.6. The summed E-state index contributed by atoms with van der Waals surface area (Å²) >= 11 is 0. The van der Waals surface area contributed by atoms with Gasteiger partial charge in [0.25, 0.3) is 0 Å². The quantitative estimate of drug-likeness (QED) is 0.943. The SMILES string of the molecule is CC(C)N(C)c1nc2c(N)nc(C3CC4CCC3C4)nc2n1C. The van der Waals surface area contributed by atoms with Crippen LogP contribution in [0.4, 0.5) is 11.8 Å². The number of nitrogen functional groups attached to an aromatic ring is 1. The number of rotatable bonds is 3. The molecular weight excluding hydrogens is 288 g/mol. The molecule has 124 valence electrons. The Morgan fingerprint density at radius 1 is 1.17 bits per heavy atom. The number of aromatic nitrogens is 4. The van der Waals surface area contributed by atoms with Gasteiger partial charge in [-0.3, -0.25) is 4.57 Å². The van der Waals surface area contributed by atoms with Crippen molar-refractivity contribution in [3.8, 4) is 0 Å². The molecule has 0 amide bonds. The van der Waals surface area contributed by atoms with Crippen LogP contribution in [0.15, 0.2) is 0 Å². The van der Waals surface area contributed by atoms with Crippen molar-refractivity contribution < 1.29 is 0 Å². The number of hydrogen-bond acceptors (Lipinski definition) is 5. The number of anilines is 2. The number of imidazole rings is 1. The van der Waals surface area contributed by atoms with Crippen LogP contribution in [0.1, 0.15) is 51.3 Å². The average Bonchev–Trinajstić information content (AvgIpc) is 3.21. The molecule has 0 saturated heterocycles. The molecule has 4 rings (SSSR count). The number of hydrogen-bond donors (Lipinski definition) is 1. The molecule has 0 aliphatic heterocycles. The molecule has 2 bridgehead atoms. The minimum absolute atomic E-state index is 0.365. The third-order valence-corrected chi connectivity index (χ3v) is 5.90. The molecule has 2 saturated carbocycles. The van der Waals surface area contributed by atoms with E-state index in [1.807, 2.05) is 18.7 Å². The van der Waals surface area contributed by atoms with Crippen molar-refractivity contribution >= 4 is 22.9 Å². The summed E-state index contributed by atoms with van der Waals surface area (Å²) < 4.78 is 2.05. The molecule has 23 heavy (non-hydrogen) atoms. The van der Waals surface area contributed by atoms with Gasteiger partial charge in [-0.05, 0) is 44.9 Å². The fourth-order valence-electron chi connectivity index (χ4n) is 4.36. The Bertz CT molecular complexity index is 749. The van der Waals surface area contributed by atoms with Gasteiger partial charge in [-0.15, -0.1) is 0 Å². The molecule has 2 heterocycles. The first-order chi connectivity index (χ1) is 11.0. The average molecular weight is 314 g/mol. The molecule has 6 nitrogen and oxygen atoms in total. The lowest BCUT2D eigenvalue weighted by molar-refractivity contribution is 0.406. The highest BCUT2D eigenvalue weighted by Gasteiger charge is 2.42. The van der Waals surface area contributed by atoms with Gasteiger partial charge in [0.05, 0.1) is 0 Å². The van der Waals surface area contributed by atoms with Gasteiger partial charge in [0.2, 0.25) is 5.95 Å². The molecule has 2 fully saturated rings. The first-order valence-electron chi connectivity index (χ1n) is 8.68. The van der Waals surface area contributed by atoms with Crippen LogP contribution in [0.3, 0.4) is 0 Å². The smallest absolute Gasteiger partial charge is 0.207 e. The third-order valence-electron chi connectivity index (χ3n) is 5.90. The molecule has 2 N–H and O–H groups in total. The topological polar surface area (TPSA) is 72.9 Å². The summed E-state index contributed by atoms with van der Waals surface area (Å²) in [5.74, 6) is 4.46. The summed E-state index contributed by atoms with van der Waals surface area (Å²) in [5.41, 5.74) is 7.82. The van der Waals surface area contributed by atoms with Crippen molar-refractivity contribution in [3.05, 3.63) is 5.82 Å². The highest BCUT2D eigenvalue weighted by atomic mass is 15.3. The number of aryl methyl sites for hydroxylation is 1. The van der Waals surface area contributed by atoms with Gasteiger partial charge in [0, 0.05) is 26.1 Å². The second kappa shape index (κ2) is 5.08. The molecule has 3 unspecified atom stereocenters. The van der Waals surface area contributed by atoms with Crippen LogP contribution in [0, 0.1) is 11.8 Å². The molecule has 2 aliphatic rings. The Hall–Kier alpha value is -1.85. The molecule has 0 aromatic carbocycles. The van der Waals surface area contributed by atoms with E-state index >= 15 is 0 Å². The second-order valence-electron chi connectivity index (χ2n) is 7.60. The summed E-state index contributed by atoms with van der Waals surface area (Å²) in [4.78, 5) is 16.3. The van der Waals surface area contributed by atoms with Crippen LogP contribution < -0.4 is 10.6 Å². The zero-order chi connectivity index (χ0) is 16.3. The van der Waals surface area contributed by atoms with Crippen molar-refractivity contribution in [2.45, 2.75) is 51.5 Å². The summed E-state index contributed by atoms with van der Waals surface area (Å²) in [6.45, 7) is 4.30. The summed E-state index contributed by atoms with van der Waals surface area (Å²) in [6.07, 6.45) is 5.28. The highest BCUT2D eigenvalue weighted by molar-refractivity contribution is 5.84. The van der Waals surface area contributed by atoms with Gasteiger partial charge in [-0.2, -0.15) is 0 Å². The van der Waals surface area contributed by atoms with E-state index in [-0.39, 0.29) is 0 Å². The van der Waals surface area contributed by atoms with E-state index < -0.39 is 0 Å². The standard InChI is InChI=1S/C17H26N6/c1-9(2)22(3)17-19-13-14(18)20-15(21-16(13)23(17)4)12-8-10-5-6-11(12)7-10/h9-12H,5-8H2,1-4H3,(H2,18,20,21). The Kier molecular flexibility index (Phi) is 3.25.